The van der Waals surface area contributed by atoms with E-state index in [-0.39, 0.29) is 18.9 Å². The molecule has 4 aromatic carbocycles. The van der Waals surface area contributed by atoms with Crippen molar-refractivity contribution in [2.75, 3.05) is 34.5 Å². The van der Waals surface area contributed by atoms with Gasteiger partial charge in [0.25, 0.3) is 0 Å². The molecule has 3 aromatic heterocycles. The van der Waals surface area contributed by atoms with Gasteiger partial charge in [-0.3, -0.25) is 4.98 Å². The van der Waals surface area contributed by atoms with Gasteiger partial charge >= 0.3 is 5.97 Å². The molecule has 7 aromatic rings. The third-order valence-electron chi connectivity index (χ3n) is 9.34. The van der Waals surface area contributed by atoms with Crippen molar-refractivity contribution in [3.05, 3.63) is 125 Å². The molecule has 7 rings (SSSR count). The largest absolute Gasteiger partial charge is 0.497 e. The SMILES string of the molecule is COCCOc1ccc(-c2c(-c3cccc(OC)c3)ncc3snc(O[C@H](Cc4ccccc4OCc4ccnc(-c5ccccc5OC)n4)C(=O)O)c23)c(C)c1Cl. The van der Waals surface area contributed by atoms with Gasteiger partial charge in [-0.25, -0.2) is 14.8 Å². The van der Waals surface area contributed by atoms with Gasteiger partial charge in [-0.2, -0.15) is 4.37 Å². The molecule has 0 bridgehead atoms. The molecule has 3 heterocycles. The third-order valence-corrected chi connectivity index (χ3v) is 10.6. The molecule has 0 saturated carbocycles. The van der Waals surface area contributed by atoms with Gasteiger partial charge in [-0.05, 0) is 77.6 Å². The molecule has 58 heavy (non-hydrogen) atoms. The first-order valence-electron chi connectivity index (χ1n) is 18.2. The molecule has 0 aliphatic rings. The Hall–Kier alpha value is -6.28. The number of para-hydroxylation sites is 2. The van der Waals surface area contributed by atoms with Crippen molar-refractivity contribution in [3.63, 3.8) is 0 Å². The van der Waals surface area contributed by atoms with Crippen molar-refractivity contribution in [3.8, 4) is 62.7 Å². The lowest BCUT2D eigenvalue weighted by molar-refractivity contribution is -0.145. The van der Waals surface area contributed by atoms with E-state index in [0.717, 1.165) is 33.8 Å². The smallest absolute Gasteiger partial charge is 0.345 e. The highest BCUT2D eigenvalue weighted by atomic mass is 35.5. The molecule has 0 aliphatic heterocycles. The second-order valence-corrected chi connectivity index (χ2v) is 14.1. The Bertz CT molecular complexity index is 2570. The Morgan fingerprint density at radius 2 is 1.66 bits per heavy atom. The van der Waals surface area contributed by atoms with E-state index in [1.54, 1.807) is 51.9 Å². The number of hydrogen-bond donors (Lipinski definition) is 1. The third kappa shape index (κ3) is 8.66. The summed E-state index contributed by atoms with van der Waals surface area (Å²) in [6.07, 6.45) is 2.01. The van der Waals surface area contributed by atoms with E-state index in [1.165, 1.54) is 0 Å². The monoisotopic (exact) mass is 818 g/mol. The molecule has 0 saturated heterocycles. The minimum Gasteiger partial charge on any atom is -0.497 e. The van der Waals surface area contributed by atoms with Crippen LogP contribution in [-0.4, -0.2) is 71.0 Å². The van der Waals surface area contributed by atoms with Gasteiger partial charge in [0.15, 0.2) is 5.82 Å². The van der Waals surface area contributed by atoms with Crippen molar-refractivity contribution in [1.29, 1.82) is 0 Å². The number of methoxy groups -OCH3 is 3. The summed E-state index contributed by atoms with van der Waals surface area (Å²) in [5.41, 5.74) is 5.52. The second-order valence-electron chi connectivity index (χ2n) is 12.9. The van der Waals surface area contributed by atoms with Gasteiger partial charge in [0.2, 0.25) is 12.0 Å². The van der Waals surface area contributed by atoms with Crippen LogP contribution in [0.4, 0.5) is 0 Å². The fourth-order valence-corrected chi connectivity index (χ4v) is 7.35. The van der Waals surface area contributed by atoms with Crippen LogP contribution in [0.15, 0.2) is 103 Å². The molecular formula is C44H39ClN4O8S. The zero-order chi connectivity index (χ0) is 40.6. The zero-order valence-electron chi connectivity index (χ0n) is 32.1. The Balaban J connectivity index is 1.22. The average Bonchev–Trinajstić information content (AvgIpc) is 3.67. The van der Waals surface area contributed by atoms with Crippen molar-refractivity contribution in [2.24, 2.45) is 0 Å². The fraction of sp³-hybridized carbons (Fsp3) is 0.205. The van der Waals surface area contributed by atoms with Crippen molar-refractivity contribution in [1.82, 2.24) is 19.3 Å². The van der Waals surface area contributed by atoms with Gasteiger partial charge in [-0.1, -0.05) is 60.1 Å². The number of carboxylic acids is 1. The minimum atomic E-state index is -1.34. The summed E-state index contributed by atoms with van der Waals surface area (Å²) in [5, 5.41) is 11.6. The molecule has 0 unspecified atom stereocenters. The lowest BCUT2D eigenvalue weighted by Gasteiger charge is -2.19. The normalized spacial score (nSPS) is 11.6. The van der Waals surface area contributed by atoms with Crippen LogP contribution >= 0.6 is 23.1 Å². The predicted molar refractivity (Wildman–Crippen MR) is 223 cm³/mol. The Kier molecular flexibility index (Phi) is 12.6. The molecule has 0 amide bonds. The summed E-state index contributed by atoms with van der Waals surface area (Å²) < 4.78 is 40.1. The summed E-state index contributed by atoms with van der Waals surface area (Å²) in [6, 6.07) is 27.8. The molecule has 1 N–H and O–H groups in total. The standard InChI is InChI=1S/C44H39ClN4O8S/c1-26-31(16-17-35(40(26)45)55-21-20-52-2)38-39-37(24-47-41(38)28-11-9-12-30(22-28)53-3)58-49-43(39)57-36(44(50)51)23-27-10-5-7-14-33(27)56-25-29-18-19-46-42(48-29)32-13-6-8-15-34(32)54-4/h5-19,22,24,36H,20-21,23,25H2,1-4H3,(H,50,51)/t36-/m1/s1. The highest BCUT2D eigenvalue weighted by molar-refractivity contribution is 7.13. The number of aromatic nitrogens is 4. The van der Waals surface area contributed by atoms with E-state index in [4.69, 9.17) is 50.0 Å². The van der Waals surface area contributed by atoms with Crippen molar-refractivity contribution < 1.29 is 38.3 Å². The van der Waals surface area contributed by atoms with Gasteiger partial charge in [0.1, 0.15) is 36.2 Å². The highest BCUT2D eigenvalue weighted by Crippen LogP contribution is 2.46. The molecule has 296 valence electrons. The van der Waals surface area contributed by atoms with Crippen LogP contribution in [0.25, 0.3) is 43.9 Å². The zero-order valence-corrected chi connectivity index (χ0v) is 33.7. The lowest BCUT2D eigenvalue weighted by Crippen LogP contribution is -2.29. The van der Waals surface area contributed by atoms with Crippen LogP contribution in [0.2, 0.25) is 5.02 Å². The molecule has 0 fully saturated rings. The number of benzene rings is 4. The van der Waals surface area contributed by atoms with E-state index in [0.29, 0.717) is 79.7 Å². The predicted octanol–water partition coefficient (Wildman–Crippen LogP) is 9.14. The summed E-state index contributed by atoms with van der Waals surface area (Å²) in [7, 11) is 4.80. The van der Waals surface area contributed by atoms with Crippen LogP contribution in [0.1, 0.15) is 16.8 Å². The molecule has 14 heteroatoms. The number of halogens is 1. The molecule has 0 radical (unpaired) electrons. The van der Waals surface area contributed by atoms with Crippen molar-refractivity contribution in [2.45, 2.75) is 26.1 Å². The number of hydrogen-bond acceptors (Lipinski definition) is 12. The number of ether oxygens (including phenoxy) is 6. The summed E-state index contributed by atoms with van der Waals surface area (Å²) in [5.74, 6) is 1.76. The van der Waals surface area contributed by atoms with E-state index in [9.17, 15) is 9.90 Å². The molecular weight excluding hydrogens is 780 g/mol. The number of fused-ring (bicyclic) bond motifs is 1. The first-order chi connectivity index (χ1) is 28.3. The molecule has 12 nitrogen and oxygen atoms in total. The molecule has 0 aliphatic carbocycles. The van der Waals surface area contributed by atoms with Crippen LogP contribution in [0.5, 0.6) is 28.9 Å². The topological polar surface area (TPSA) is 144 Å². The average molecular weight is 819 g/mol. The maximum absolute atomic E-state index is 13.0. The number of pyridine rings is 1. The van der Waals surface area contributed by atoms with Crippen LogP contribution in [0.3, 0.4) is 0 Å². The van der Waals surface area contributed by atoms with Crippen LogP contribution in [0, 0.1) is 6.92 Å². The fourth-order valence-electron chi connectivity index (χ4n) is 6.44. The highest BCUT2D eigenvalue weighted by Gasteiger charge is 2.28. The van der Waals surface area contributed by atoms with E-state index < -0.39 is 12.1 Å². The molecule has 1 atom stereocenters. The second kappa shape index (κ2) is 18.3. The van der Waals surface area contributed by atoms with Crippen LogP contribution in [-0.2, 0) is 22.6 Å². The summed E-state index contributed by atoms with van der Waals surface area (Å²) >= 11 is 8.09. The van der Waals surface area contributed by atoms with Gasteiger partial charge in [0, 0.05) is 37.1 Å². The van der Waals surface area contributed by atoms with E-state index in [2.05, 4.69) is 9.36 Å². The number of nitrogens with zero attached hydrogens (tertiary/aromatic N) is 4. The van der Waals surface area contributed by atoms with Gasteiger partial charge < -0.3 is 33.5 Å². The number of rotatable bonds is 17. The number of aliphatic carboxylic acids is 1. The maximum atomic E-state index is 13.0. The van der Waals surface area contributed by atoms with E-state index >= 15 is 0 Å². The van der Waals surface area contributed by atoms with E-state index in [1.807, 2.05) is 79.7 Å². The van der Waals surface area contributed by atoms with Crippen LogP contribution < -0.4 is 23.7 Å². The quantitative estimate of drug-likeness (QED) is 0.0875. The van der Waals surface area contributed by atoms with Crippen molar-refractivity contribution >= 4 is 39.2 Å². The Labute approximate surface area is 344 Å². The number of carboxylic acid groups (broad SMARTS) is 1. The van der Waals surface area contributed by atoms with Gasteiger partial charge in [0.05, 0.1) is 52.9 Å². The first kappa shape index (κ1) is 39.9. The first-order valence-corrected chi connectivity index (χ1v) is 19.3. The summed E-state index contributed by atoms with van der Waals surface area (Å²) in [4.78, 5) is 27.0. The number of carbonyl (C=O) groups is 1. The maximum Gasteiger partial charge on any atom is 0.345 e. The minimum absolute atomic E-state index is 0.0255. The molecule has 0 spiro atoms. The van der Waals surface area contributed by atoms with Gasteiger partial charge in [-0.15, -0.1) is 0 Å². The Morgan fingerprint density at radius 3 is 2.45 bits per heavy atom. The lowest BCUT2D eigenvalue weighted by atomic mass is 9.93. The Morgan fingerprint density at radius 1 is 0.845 bits per heavy atom. The summed E-state index contributed by atoms with van der Waals surface area (Å²) in [6.45, 7) is 2.73.